The Labute approximate surface area is 124 Å². The van der Waals surface area contributed by atoms with Crippen LogP contribution in [-0.4, -0.2) is 16.9 Å². The van der Waals surface area contributed by atoms with E-state index in [2.05, 4.69) is 10.3 Å². The van der Waals surface area contributed by atoms with Crippen molar-refractivity contribution >= 4 is 16.8 Å². The van der Waals surface area contributed by atoms with Crippen molar-refractivity contribution in [2.75, 3.05) is 0 Å². The van der Waals surface area contributed by atoms with Crippen molar-refractivity contribution in [1.29, 1.82) is 0 Å². The molecule has 1 aromatic heterocycles. The van der Waals surface area contributed by atoms with Crippen LogP contribution < -0.4 is 11.1 Å². The van der Waals surface area contributed by atoms with E-state index in [9.17, 15) is 4.79 Å². The Morgan fingerprint density at radius 2 is 2.05 bits per heavy atom. The Hall–Kier alpha value is -1.94. The highest BCUT2D eigenvalue weighted by molar-refractivity contribution is 5.85. The summed E-state index contributed by atoms with van der Waals surface area (Å²) in [6, 6.07) is 9.92. The van der Waals surface area contributed by atoms with E-state index in [0.717, 1.165) is 35.0 Å². The van der Waals surface area contributed by atoms with Crippen LogP contribution >= 0.6 is 0 Å². The molecule has 3 rings (SSSR count). The van der Waals surface area contributed by atoms with Gasteiger partial charge in [0.15, 0.2) is 0 Å². The summed E-state index contributed by atoms with van der Waals surface area (Å²) in [6.07, 6.45) is 4.70. The van der Waals surface area contributed by atoms with Crippen LogP contribution in [0.4, 0.5) is 0 Å². The van der Waals surface area contributed by atoms with Gasteiger partial charge < -0.3 is 5.73 Å². The molecule has 0 radical (unpaired) electrons. The second kappa shape index (κ2) is 5.82. The molecular weight excluding hydrogens is 262 g/mol. The van der Waals surface area contributed by atoms with Gasteiger partial charge in [-0.1, -0.05) is 25.0 Å². The molecule has 1 amide bonds. The molecule has 3 N–H and O–H groups in total. The lowest BCUT2D eigenvalue weighted by atomic mass is 10.0. The van der Waals surface area contributed by atoms with E-state index >= 15 is 0 Å². The molecule has 1 heterocycles. The average Bonchev–Trinajstić information content (AvgIpc) is 2.97. The molecule has 1 atom stereocenters. The molecule has 0 bridgehead atoms. The number of amides is 1. The molecule has 0 saturated heterocycles. The van der Waals surface area contributed by atoms with Crippen molar-refractivity contribution in [3.8, 4) is 0 Å². The summed E-state index contributed by atoms with van der Waals surface area (Å²) in [7, 11) is 0. The van der Waals surface area contributed by atoms with E-state index in [0.29, 0.717) is 6.04 Å². The summed E-state index contributed by atoms with van der Waals surface area (Å²) >= 11 is 0. The predicted molar refractivity (Wildman–Crippen MR) is 83.8 cm³/mol. The van der Waals surface area contributed by atoms with Gasteiger partial charge in [0.05, 0.1) is 5.52 Å². The first-order valence-electron chi connectivity index (χ1n) is 7.56. The molecule has 21 heavy (non-hydrogen) atoms. The second-order valence-electron chi connectivity index (χ2n) is 5.89. The number of rotatable bonds is 4. The smallest absolute Gasteiger partial charge is 0.239 e. The number of hydrogen-bond donors (Lipinski definition) is 2. The Morgan fingerprint density at radius 1 is 1.29 bits per heavy atom. The van der Waals surface area contributed by atoms with E-state index in [1.807, 2.05) is 37.3 Å². The fourth-order valence-electron chi connectivity index (χ4n) is 3.10. The first-order chi connectivity index (χ1) is 10.1. The zero-order chi connectivity index (χ0) is 14.8. The van der Waals surface area contributed by atoms with Gasteiger partial charge in [-0.2, -0.15) is 0 Å². The minimum absolute atomic E-state index is 0.318. The molecule has 110 valence electrons. The maximum absolute atomic E-state index is 11.8. The number of benzene rings is 1. The summed E-state index contributed by atoms with van der Waals surface area (Å²) in [5.41, 5.74) is 8.46. The van der Waals surface area contributed by atoms with Crippen LogP contribution in [0.15, 0.2) is 30.3 Å². The van der Waals surface area contributed by atoms with E-state index < -0.39 is 6.04 Å². The van der Waals surface area contributed by atoms with Gasteiger partial charge in [0.1, 0.15) is 6.04 Å². The van der Waals surface area contributed by atoms with Gasteiger partial charge in [0.2, 0.25) is 5.91 Å². The normalized spacial score (nSPS) is 17.2. The molecular formula is C17H21N3O. The largest absolute Gasteiger partial charge is 0.368 e. The number of aryl methyl sites for hydroxylation is 1. The standard InChI is InChI=1S/C17H21N3O/c1-11-6-7-12-10-13(8-9-15(12)19-11)16(17(18)21)20-14-4-2-3-5-14/h6-10,14,16,20H,2-5H2,1H3,(H2,18,21). The van der Waals surface area contributed by atoms with E-state index in [1.54, 1.807) is 0 Å². The Bertz CT molecular complexity index is 662. The molecule has 0 aliphatic heterocycles. The number of fused-ring (bicyclic) bond motifs is 1. The summed E-state index contributed by atoms with van der Waals surface area (Å²) in [5.74, 6) is -0.318. The van der Waals surface area contributed by atoms with Crippen LogP contribution in [0.25, 0.3) is 10.9 Å². The zero-order valence-corrected chi connectivity index (χ0v) is 12.3. The number of hydrogen-bond acceptors (Lipinski definition) is 3. The first kappa shape index (κ1) is 14.0. The molecule has 0 spiro atoms. The minimum Gasteiger partial charge on any atom is -0.368 e. The van der Waals surface area contributed by atoms with Crippen LogP contribution in [0.2, 0.25) is 0 Å². The number of nitrogens with two attached hydrogens (primary N) is 1. The molecule has 2 aromatic rings. The van der Waals surface area contributed by atoms with Crippen LogP contribution in [0.1, 0.15) is 43.0 Å². The lowest BCUT2D eigenvalue weighted by molar-refractivity contribution is -0.120. The molecule has 1 saturated carbocycles. The lowest BCUT2D eigenvalue weighted by Crippen LogP contribution is -2.38. The molecule has 1 unspecified atom stereocenters. The quantitative estimate of drug-likeness (QED) is 0.906. The summed E-state index contributed by atoms with van der Waals surface area (Å²) < 4.78 is 0. The number of nitrogens with one attached hydrogen (secondary N) is 1. The highest BCUT2D eigenvalue weighted by atomic mass is 16.1. The van der Waals surface area contributed by atoms with Gasteiger partial charge in [-0.3, -0.25) is 15.1 Å². The topological polar surface area (TPSA) is 68.0 Å². The molecule has 4 nitrogen and oxygen atoms in total. The van der Waals surface area contributed by atoms with Gasteiger partial charge in [0.25, 0.3) is 0 Å². The summed E-state index contributed by atoms with van der Waals surface area (Å²) in [4.78, 5) is 16.3. The van der Waals surface area contributed by atoms with Crippen molar-refractivity contribution in [3.63, 3.8) is 0 Å². The van der Waals surface area contributed by atoms with E-state index in [4.69, 9.17) is 5.73 Å². The third-order valence-corrected chi connectivity index (χ3v) is 4.23. The monoisotopic (exact) mass is 283 g/mol. The van der Waals surface area contributed by atoms with Crippen molar-refractivity contribution in [3.05, 3.63) is 41.6 Å². The van der Waals surface area contributed by atoms with Gasteiger partial charge in [-0.25, -0.2) is 0 Å². The van der Waals surface area contributed by atoms with E-state index in [1.165, 1.54) is 12.8 Å². The van der Waals surface area contributed by atoms with Crippen molar-refractivity contribution in [2.45, 2.75) is 44.7 Å². The number of aromatic nitrogens is 1. The van der Waals surface area contributed by atoms with Gasteiger partial charge in [-0.05, 0) is 43.5 Å². The summed E-state index contributed by atoms with van der Waals surface area (Å²) in [6.45, 7) is 1.97. The third-order valence-electron chi connectivity index (χ3n) is 4.23. The highest BCUT2D eigenvalue weighted by Gasteiger charge is 2.24. The first-order valence-corrected chi connectivity index (χ1v) is 7.56. The van der Waals surface area contributed by atoms with Crippen molar-refractivity contribution in [1.82, 2.24) is 10.3 Å². The molecule has 1 fully saturated rings. The number of primary amides is 1. The van der Waals surface area contributed by atoms with Crippen molar-refractivity contribution in [2.24, 2.45) is 5.73 Å². The average molecular weight is 283 g/mol. The Kier molecular flexibility index (Phi) is 3.88. The number of nitrogens with zero attached hydrogens (tertiary/aromatic N) is 1. The Morgan fingerprint density at radius 3 is 2.76 bits per heavy atom. The molecule has 1 aromatic carbocycles. The van der Waals surface area contributed by atoms with Gasteiger partial charge in [0, 0.05) is 17.1 Å². The van der Waals surface area contributed by atoms with Crippen LogP contribution in [0, 0.1) is 6.92 Å². The van der Waals surface area contributed by atoms with Crippen molar-refractivity contribution < 1.29 is 4.79 Å². The number of carbonyl (C=O) groups is 1. The maximum atomic E-state index is 11.8. The fraction of sp³-hybridized carbons (Fsp3) is 0.412. The number of carbonyl (C=O) groups excluding carboxylic acids is 1. The molecule has 4 heteroatoms. The van der Waals surface area contributed by atoms with E-state index in [-0.39, 0.29) is 5.91 Å². The predicted octanol–water partition coefficient (Wildman–Crippen LogP) is 2.60. The SMILES string of the molecule is Cc1ccc2cc(C(NC3CCCC3)C(N)=O)ccc2n1. The summed E-state index contributed by atoms with van der Waals surface area (Å²) in [5, 5.41) is 4.45. The lowest BCUT2D eigenvalue weighted by Gasteiger charge is -2.21. The van der Waals surface area contributed by atoms with Crippen LogP contribution in [0.3, 0.4) is 0 Å². The van der Waals surface area contributed by atoms with Gasteiger partial charge in [-0.15, -0.1) is 0 Å². The van der Waals surface area contributed by atoms with Gasteiger partial charge >= 0.3 is 0 Å². The Balaban J connectivity index is 1.91. The third kappa shape index (κ3) is 3.05. The minimum atomic E-state index is -0.418. The van der Waals surface area contributed by atoms with Crippen LogP contribution in [0.5, 0.6) is 0 Å². The zero-order valence-electron chi connectivity index (χ0n) is 12.3. The number of pyridine rings is 1. The maximum Gasteiger partial charge on any atom is 0.239 e. The fourth-order valence-corrected chi connectivity index (χ4v) is 3.10. The second-order valence-corrected chi connectivity index (χ2v) is 5.89. The molecule has 1 aliphatic carbocycles. The molecule has 1 aliphatic rings. The highest BCUT2D eigenvalue weighted by Crippen LogP contribution is 2.24. The van der Waals surface area contributed by atoms with Crippen LogP contribution in [-0.2, 0) is 4.79 Å².